The van der Waals surface area contributed by atoms with Crippen molar-refractivity contribution in [2.45, 2.75) is 23.8 Å². The number of nitrogens with one attached hydrogen (secondary N) is 1. The van der Waals surface area contributed by atoms with Crippen molar-refractivity contribution in [1.29, 1.82) is 0 Å². The molecule has 1 saturated heterocycles. The van der Waals surface area contributed by atoms with Crippen molar-refractivity contribution in [2.24, 2.45) is 4.40 Å². The minimum atomic E-state index is -3.66. The Morgan fingerprint density at radius 3 is 2.82 bits per heavy atom. The number of carbonyl (C=O) groups is 1. The maximum atomic E-state index is 12.3. The van der Waals surface area contributed by atoms with E-state index in [2.05, 4.69) is 9.82 Å². The minimum Gasteiger partial charge on any atom is -0.343 e. The summed E-state index contributed by atoms with van der Waals surface area (Å²) in [5, 5.41) is 1.58. The van der Waals surface area contributed by atoms with Crippen molar-refractivity contribution in [3.05, 3.63) is 29.8 Å². The van der Waals surface area contributed by atoms with Crippen molar-refractivity contribution in [3.8, 4) is 0 Å². The Balaban J connectivity index is 1.96. The molecule has 1 amide bonds. The smallest absolute Gasteiger partial charge is 0.285 e. The average Bonchev–Trinajstić information content (AvgIpc) is 3.02. The molecule has 1 atom stereocenters. The van der Waals surface area contributed by atoms with Crippen LogP contribution in [0.15, 0.2) is 33.6 Å². The van der Waals surface area contributed by atoms with Crippen LogP contribution in [0.2, 0.25) is 0 Å². The van der Waals surface area contributed by atoms with E-state index >= 15 is 0 Å². The van der Waals surface area contributed by atoms with Crippen LogP contribution in [0, 0.1) is 0 Å². The number of rotatable bonds is 2. The Labute approximate surface area is 129 Å². The molecule has 0 aromatic heterocycles. The van der Waals surface area contributed by atoms with Crippen LogP contribution >= 0.6 is 0 Å². The fourth-order valence-corrected chi connectivity index (χ4v) is 4.10. The monoisotopic (exact) mass is 322 g/mol. The van der Waals surface area contributed by atoms with E-state index in [9.17, 15) is 13.2 Å². The lowest BCUT2D eigenvalue weighted by Gasteiger charge is -2.26. The first-order valence-electron chi connectivity index (χ1n) is 7.09. The molecule has 1 fully saturated rings. The Morgan fingerprint density at radius 2 is 2.09 bits per heavy atom. The van der Waals surface area contributed by atoms with E-state index in [1.165, 1.54) is 0 Å². The molecule has 0 bridgehead atoms. The van der Waals surface area contributed by atoms with Crippen molar-refractivity contribution in [2.75, 3.05) is 20.6 Å². The lowest BCUT2D eigenvalue weighted by atomic mass is 10.1. The van der Waals surface area contributed by atoms with Crippen LogP contribution < -0.4 is 5.43 Å². The summed E-state index contributed by atoms with van der Waals surface area (Å²) in [5.74, 6) is 0.235. The zero-order valence-corrected chi connectivity index (χ0v) is 13.3. The van der Waals surface area contributed by atoms with Gasteiger partial charge < -0.3 is 4.90 Å². The molecule has 2 heterocycles. The summed E-state index contributed by atoms with van der Waals surface area (Å²) in [4.78, 5) is 14.3. The molecule has 7 nitrogen and oxygen atoms in total. The van der Waals surface area contributed by atoms with Gasteiger partial charge in [0.15, 0.2) is 5.84 Å². The van der Waals surface area contributed by atoms with Gasteiger partial charge in [-0.2, -0.15) is 8.42 Å². The van der Waals surface area contributed by atoms with E-state index in [1.54, 1.807) is 48.3 Å². The van der Waals surface area contributed by atoms with Crippen molar-refractivity contribution < 1.29 is 13.2 Å². The molecule has 118 valence electrons. The van der Waals surface area contributed by atoms with Crippen LogP contribution in [0.4, 0.5) is 0 Å². The molecule has 8 heteroatoms. The van der Waals surface area contributed by atoms with Crippen LogP contribution in [-0.2, 0) is 14.8 Å². The fourth-order valence-electron chi connectivity index (χ4n) is 2.88. The molecule has 22 heavy (non-hydrogen) atoms. The maximum absolute atomic E-state index is 12.3. The molecule has 0 radical (unpaired) electrons. The van der Waals surface area contributed by atoms with Gasteiger partial charge >= 0.3 is 0 Å². The van der Waals surface area contributed by atoms with Crippen molar-refractivity contribution in [3.63, 3.8) is 0 Å². The number of hydrogen-bond donors (Lipinski definition) is 1. The quantitative estimate of drug-likeness (QED) is 0.786. The Morgan fingerprint density at radius 1 is 1.36 bits per heavy atom. The summed E-state index contributed by atoms with van der Waals surface area (Å²) < 4.78 is 28.2. The van der Waals surface area contributed by atoms with Gasteiger partial charge in [0.1, 0.15) is 10.9 Å². The first kappa shape index (κ1) is 15.0. The molecule has 1 N–H and O–H groups in total. The normalized spacial score (nSPS) is 22.6. The van der Waals surface area contributed by atoms with Crippen molar-refractivity contribution in [1.82, 2.24) is 15.3 Å². The minimum absolute atomic E-state index is 0.146. The lowest BCUT2D eigenvalue weighted by molar-refractivity contribution is -0.128. The number of likely N-dealkylation sites (tertiary alicyclic amines) is 1. The number of carbonyl (C=O) groups excluding carboxylic acids is 1. The Hall–Kier alpha value is -1.93. The molecule has 3 rings (SSSR count). The molecule has 0 aliphatic carbocycles. The third-order valence-corrected chi connectivity index (χ3v) is 5.10. The standard InChI is InChI=1S/C14H18N4O3S/c1-17(2)15-14(19)11-7-5-9-18(11)13-10-6-3-4-8-12(10)22(20,21)16-13/h3-4,6,8,11H,5,7,9H2,1-2H3,(H,15,19)/t11-/m0/s1. The predicted molar refractivity (Wildman–Crippen MR) is 81.7 cm³/mol. The van der Waals surface area contributed by atoms with Gasteiger partial charge in [-0.25, -0.2) is 5.01 Å². The topological polar surface area (TPSA) is 82.1 Å². The van der Waals surface area contributed by atoms with E-state index in [4.69, 9.17) is 0 Å². The highest BCUT2D eigenvalue weighted by Gasteiger charge is 2.39. The number of nitrogens with zero attached hydrogens (tertiary/aromatic N) is 3. The molecule has 0 spiro atoms. The fraction of sp³-hybridized carbons (Fsp3) is 0.429. The summed E-state index contributed by atoms with van der Waals surface area (Å²) in [7, 11) is -0.180. The first-order valence-corrected chi connectivity index (χ1v) is 8.53. The van der Waals surface area contributed by atoms with Crippen LogP contribution in [0.3, 0.4) is 0 Å². The van der Waals surface area contributed by atoms with E-state index in [0.29, 0.717) is 24.4 Å². The van der Waals surface area contributed by atoms with E-state index in [1.807, 2.05) is 0 Å². The molecule has 1 aromatic rings. The third kappa shape index (κ3) is 2.48. The zero-order chi connectivity index (χ0) is 15.9. The van der Waals surface area contributed by atoms with Gasteiger partial charge in [-0.3, -0.25) is 10.2 Å². The van der Waals surface area contributed by atoms with Crippen LogP contribution in [0.25, 0.3) is 0 Å². The number of hydrazine groups is 1. The summed E-state index contributed by atoms with van der Waals surface area (Å²) >= 11 is 0. The number of hydrogen-bond acceptors (Lipinski definition) is 5. The summed E-state index contributed by atoms with van der Waals surface area (Å²) in [5.41, 5.74) is 3.31. The lowest BCUT2D eigenvalue weighted by Crippen LogP contribution is -2.49. The van der Waals surface area contributed by atoms with Crippen LogP contribution in [-0.4, -0.2) is 56.8 Å². The molecule has 1 aromatic carbocycles. The molecule has 0 saturated carbocycles. The number of amides is 1. The highest BCUT2D eigenvalue weighted by atomic mass is 32.2. The van der Waals surface area contributed by atoms with Gasteiger partial charge in [-0.05, 0) is 25.0 Å². The third-order valence-electron chi connectivity index (χ3n) is 3.77. The first-order chi connectivity index (χ1) is 10.4. The number of amidine groups is 1. The summed E-state index contributed by atoms with van der Waals surface area (Å²) in [6.45, 7) is 0.619. The molecule has 2 aliphatic heterocycles. The maximum Gasteiger partial charge on any atom is 0.285 e. The van der Waals surface area contributed by atoms with Crippen LogP contribution in [0.5, 0.6) is 0 Å². The van der Waals surface area contributed by atoms with Gasteiger partial charge in [-0.1, -0.05) is 12.1 Å². The highest BCUT2D eigenvalue weighted by molar-refractivity contribution is 7.90. The number of benzene rings is 1. The summed E-state index contributed by atoms with van der Waals surface area (Å²) in [6.07, 6.45) is 1.51. The predicted octanol–water partition coefficient (Wildman–Crippen LogP) is 0.193. The SMILES string of the molecule is CN(C)NC(=O)[C@@H]1CCCN1C1=NS(=O)(=O)c2ccccc21. The van der Waals surface area contributed by atoms with E-state index in [0.717, 1.165) is 6.42 Å². The second-order valence-corrected chi connectivity index (χ2v) is 7.18. The van der Waals surface area contributed by atoms with Crippen LogP contribution in [0.1, 0.15) is 18.4 Å². The summed E-state index contributed by atoms with van der Waals surface area (Å²) in [6, 6.07) is 6.33. The second kappa shape index (κ2) is 5.36. The van der Waals surface area contributed by atoms with E-state index < -0.39 is 16.1 Å². The average molecular weight is 322 g/mol. The Bertz CT molecular complexity index is 742. The zero-order valence-electron chi connectivity index (χ0n) is 12.5. The van der Waals surface area contributed by atoms with Gasteiger partial charge in [0, 0.05) is 26.2 Å². The largest absolute Gasteiger partial charge is 0.343 e. The number of fused-ring (bicyclic) bond motifs is 1. The Kier molecular flexibility index (Phi) is 3.65. The van der Waals surface area contributed by atoms with Gasteiger partial charge in [-0.15, -0.1) is 4.40 Å². The molecular formula is C14H18N4O3S. The van der Waals surface area contributed by atoms with E-state index in [-0.39, 0.29) is 10.8 Å². The highest BCUT2D eigenvalue weighted by Crippen LogP contribution is 2.31. The second-order valence-electron chi connectivity index (χ2n) is 5.61. The van der Waals surface area contributed by atoms with Gasteiger partial charge in [0.2, 0.25) is 0 Å². The molecule has 2 aliphatic rings. The number of sulfonamides is 1. The van der Waals surface area contributed by atoms with Gasteiger partial charge in [0.25, 0.3) is 15.9 Å². The van der Waals surface area contributed by atoms with Gasteiger partial charge in [0.05, 0.1) is 0 Å². The van der Waals surface area contributed by atoms with Crippen molar-refractivity contribution >= 4 is 21.8 Å². The molecule has 0 unspecified atom stereocenters. The molecular weight excluding hydrogens is 304 g/mol.